The lowest BCUT2D eigenvalue weighted by Gasteiger charge is -1.98. The van der Waals surface area contributed by atoms with Crippen LogP contribution in [0.2, 0.25) is 0 Å². The second-order valence-electron chi connectivity index (χ2n) is 3.07. The molecule has 72 valence electrons. The van der Waals surface area contributed by atoms with Crippen molar-refractivity contribution in [3.05, 3.63) is 9.91 Å². The molecule has 0 bridgehead atoms. The van der Waals surface area contributed by atoms with Gasteiger partial charge < -0.3 is 0 Å². The zero-order valence-electron chi connectivity index (χ0n) is 7.78. The molecule has 0 atom stereocenters. The fourth-order valence-corrected chi connectivity index (χ4v) is 1.44. The highest BCUT2D eigenvalue weighted by Crippen LogP contribution is 2.13. The molecule has 0 N–H and O–H groups in total. The van der Waals surface area contributed by atoms with Crippen molar-refractivity contribution in [2.45, 2.75) is 51.9 Å². The fourth-order valence-electron chi connectivity index (χ4n) is 1.13. The van der Waals surface area contributed by atoms with Crippen LogP contribution >= 0.6 is 22.6 Å². The first kappa shape index (κ1) is 12.4. The van der Waals surface area contributed by atoms with Gasteiger partial charge in [-0.15, -0.1) is 0 Å². The molecular formula is C10H18FI. The largest absolute Gasteiger partial charge is 0.211 e. The van der Waals surface area contributed by atoms with E-state index in [0.717, 1.165) is 6.42 Å². The first-order chi connectivity index (χ1) is 5.81. The number of rotatable bonds is 7. The van der Waals surface area contributed by atoms with E-state index in [9.17, 15) is 4.39 Å². The first-order valence-electron chi connectivity index (χ1n) is 4.76. The van der Waals surface area contributed by atoms with Crippen LogP contribution in [-0.2, 0) is 0 Å². The molecule has 2 heteroatoms. The summed E-state index contributed by atoms with van der Waals surface area (Å²) in [5.74, 6) is 0.0334. The molecule has 0 aliphatic rings. The van der Waals surface area contributed by atoms with E-state index < -0.39 is 0 Å². The normalized spacial score (nSPS) is 12.1. The van der Waals surface area contributed by atoms with Gasteiger partial charge >= 0.3 is 0 Å². The van der Waals surface area contributed by atoms with E-state index in [2.05, 4.69) is 6.92 Å². The molecule has 0 saturated carbocycles. The van der Waals surface area contributed by atoms with E-state index in [4.69, 9.17) is 0 Å². The minimum Gasteiger partial charge on any atom is -0.211 e. The molecular weight excluding hydrogens is 266 g/mol. The molecule has 0 unspecified atom stereocenters. The third-order valence-electron chi connectivity index (χ3n) is 1.89. The lowest BCUT2D eigenvalue weighted by Crippen LogP contribution is -1.79. The molecule has 0 heterocycles. The van der Waals surface area contributed by atoms with Gasteiger partial charge in [0, 0.05) is 4.08 Å². The second kappa shape index (κ2) is 9.49. The summed E-state index contributed by atoms with van der Waals surface area (Å²) in [6.45, 7) is 2.21. The topological polar surface area (TPSA) is 0 Å². The van der Waals surface area contributed by atoms with Crippen molar-refractivity contribution in [1.29, 1.82) is 0 Å². The summed E-state index contributed by atoms with van der Waals surface area (Å²) in [5.41, 5.74) is 0. The van der Waals surface area contributed by atoms with E-state index >= 15 is 0 Å². The summed E-state index contributed by atoms with van der Waals surface area (Å²) >= 11 is 1.95. The highest BCUT2D eigenvalue weighted by molar-refractivity contribution is 14.1. The van der Waals surface area contributed by atoms with Crippen molar-refractivity contribution in [3.8, 4) is 0 Å². The summed E-state index contributed by atoms with van der Waals surface area (Å²) in [4.78, 5) is 0. The standard InChI is InChI=1S/C10H18FI/c1-2-3-4-5-6-7-8-10(11)9-12/h9H,2-8H2,1H3/b10-9+. The molecule has 0 aromatic carbocycles. The van der Waals surface area contributed by atoms with Crippen LogP contribution in [0.4, 0.5) is 4.39 Å². The molecule has 0 aromatic rings. The number of halogens is 2. The lowest BCUT2D eigenvalue weighted by molar-refractivity contribution is 0.544. The van der Waals surface area contributed by atoms with Gasteiger partial charge in [-0.1, -0.05) is 61.6 Å². The van der Waals surface area contributed by atoms with Crippen LogP contribution in [0.25, 0.3) is 0 Å². The Bertz CT molecular complexity index is 121. The van der Waals surface area contributed by atoms with Gasteiger partial charge in [0.1, 0.15) is 5.83 Å². The summed E-state index contributed by atoms with van der Waals surface area (Å²) in [5, 5.41) is 0. The van der Waals surface area contributed by atoms with Gasteiger partial charge in [0.25, 0.3) is 0 Å². The zero-order chi connectivity index (χ0) is 9.23. The van der Waals surface area contributed by atoms with Gasteiger partial charge in [0.15, 0.2) is 0 Å². The predicted octanol–water partition coefficient (Wildman–Crippen LogP) is 4.98. The Hall–Kier alpha value is 0.400. The third-order valence-corrected chi connectivity index (χ3v) is 2.56. The second-order valence-corrected chi connectivity index (χ2v) is 3.70. The Morgan fingerprint density at radius 1 is 1.17 bits per heavy atom. The molecule has 0 radical (unpaired) electrons. The van der Waals surface area contributed by atoms with Gasteiger partial charge in [0.05, 0.1) is 0 Å². The monoisotopic (exact) mass is 284 g/mol. The maximum atomic E-state index is 12.6. The van der Waals surface area contributed by atoms with Gasteiger partial charge in [-0.2, -0.15) is 0 Å². The van der Waals surface area contributed by atoms with Gasteiger partial charge in [-0.25, -0.2) is 4.39 Å². The SMILES string of the molecule is CCCCCCCC/C(F)=C\I. The van der Waals surface area contributed by atoms with Crippen LogP contribution in [0.15, 0.2) is 9.91 Å². The van der Waals surface area contributed by atoms with Gasteiger partial charge in [-0.05, 0) is 12.8 Å². The maximum Gasteiger partial charge on any atom is 0.106 e. The molecule has 0 aliphatic carbocycles. The summed E-state index contributed by atoms with van der Waals surface area (Å²) in [7, 11) is 0. The molecule has 0 nitrogen and oxygen atoms in total. The fraction of sp³-hybridized carbons (Fsp3) is 0.800. The van der Waals surface area contributed by atoms with E-state index in [1.165, 1.54) is 36.2 Å². The van der Waals surface area contributed by atoms with Crippen molar-refractivity contribution < 1.29 is 4.39 Å². The number of unbranched alkanes of at least 4 members (excludes halogenated alkanes) is 5. The Balaban J connectivity index is 3.00. The molecule has 12 heavy (non-hydrogen) atoms. The van der Waals surface area contributed by atoms with E-state index in [1.54, 1.807) is 0 Å². The Kier molecular flexibility index (Phi) is 9.80. The maximum absolute atomic E-state index is 12.6. The first-order valence-corrected chi connectivity index (χ1v) is 6.00. The summed E-state index contributed by atoms with van der Waals surface area (Å²) in [6, 6.07) is 0. The Morgan fingerprint density at radius 2 is 1.75 bits per heavy atom. The summed E-state index contributed by atoms with van der Waals surface area (Å²) in [6.07, 6.45) is 8.00. The average Bonchev–Trinajstić information content (AvgIpc) is 2.10. The molecule has 0 fully saturated rings. The van der Waals surface area contributed by atoms with Crippen LogP contribution in [-0.4, -0.2) is 0 Å². The van der Waals surface area contributed by atoms with Crippen molar-refractivity contribution in [1.82, 2.24) is 0 Å². The molecule has 0 amide bonds. The average molecular weight is 284 g/mol. The molecule has 0 spiro atoms. The van der Waals surface area contributed by atoms with Crippen LogP contribution in [0.5, 0.6) is 0 Å². The smallest absolute Gasteiger partial charge is 0.106 e. The third kappa shape index (κ3) is 8.50. The van der Waals surface area contributed by atoms with Crippen LogP contribution in [0, 0.1) is 0 Å². The minimum atomic E-state index is 0.0334. The van der Waals surface area contributed by atoms with Gasteiger partial charge in [-0.3, -0.25) is 0 Å². The van der Waals surface area contributed by atoms with Crippen molar-refractivity contribution >= 4 is 22.6 Å². The molecule has 0 rings (SSSR count). The van der Waals surface area contributed by atoms with Crippen LogP contribution < -0.4 is 0 Å². The summed E-state index contributed by atoms with van der Waals surface area (Å²) < 4.78 is 14.1. The Labute approximate surface area is 88.8 Å². The van der Waals surface area contributed by atoms with E-state index in [-0.39, 0.29) is 5.83 Å². The number of hydrogen-bond donors (Lipinski definition) is 0. The van der Waals surface area contributed by atoms with Gasteiger partial charge in [0.2, 0.25) is 0 Å². The van der Waals surface area contributed by atoms with Crippen LogP contribution in [0.3, 0.4) is 0 Å². The number of allylic oxidation sites excluding steroid dienone is 1. The molecule has 0 aliphatic heterocycles. The minimum absolute atomic E-state index is 0.0334. The highest BCUT2D eigenvalue weighted by Gasteiger charge is 1.93. The predicted molar refractivity (Wildman–Crippen MR) is 61.2 cm³/mol. The number of hydrogen-bond acceptors (Lipinski definition) is 0. The zero-order valence-corrected chi connectivity index (χ0v) is 9.94. The van der Waals surface area contributed by atoms with E-state index in [1.807, 2.05) is 22.6 Å². The van der Waals surface area contributed by atoms with E-state index in [0.29, 0.717) is 6.42 Å². The van der Waals surface area contributed by atoms with Crippen molar-refractivity contribution in [2.75, 3.05) is 0 Å². The molecule has 0 saturated heterocycles. The van der Waals surface area contributed by atoms with Crippen LogP contribution in [0.1, 0.15) is 51.9 Å². The van der Waals surface area contributed by atoms with Crippen molar-refractivity contribution in [2.24, 2.45) is 0 Å². The Morgan fingerprint density at radius 3 is 2.33 bits per heavy atom. The molecule has 0 aromatic heterocycles. The van der Waals surface area contributed by atoms with Crippen molar-refractivity contribution in [3.63, 3.8) is 0 Å². The quantitative estimate of drug-likeness (QED) is 0.456. The lowest BCUT2D eigenvalue weighted by atomic mass is 10.1. The highest BCUT2D eigenvalue weighted by atomic mass is 127.